The first kappa shape index (κ1) is 13.6. The number of hydrogen-bond acceptors (Lipinski definition) is 3. The van der Waals surface area contributed by atoms with Crippen LogP contribution in [0.25, 0.3) is 0 Å². The van der Waals surface area contributed by atoms with Crippen LogP contribution < -0.4 is 10.2 Å². The van der Waals surface area contributed by atoms with Gasteiger partial charge in [-0.2, -0.15) is 13.2 Å². The topological polar surface area (TPSA) is 28.2 Å². The second-order valence-corrected chi connectivity index (χ2v) is 3.75. The summed E-state index contributed by atoms with van der Waals surface area (Å²) in [7, 11) is 1.62. The Bertz CT molecular complexity index is 352. The van der Waals surface area contributed by atoms with Gasteiger partial charge in [0.25, 0.3) is 0 Å². The maximum Gasteiger partial charge on any atom is 0.390 e. The summed E-state index contributed by atoms with van der Waals surface area (Å²) < 4.78 is 36.2. The Hall–Kier alpha value is -1.46. The molecule has 0 saturated heterocycles. The number of nitrogens with one attached hydrogen (secondary N) is 1. The Kier molecular flexibility index (Phi) is 4.60. The highest BCUT2D eigenvalue weighted by molar-refractivity contribution is 5.55. The lowest BCUT2D eigenvalue weighted by Gasteiger charge is -2.20. The molecule has 1 aromatic rings. The van der Waals surface area contributed by atoms with E-state index in [0.29, 0.717) is 5.69 Å². The summed E-state index contributed by atoms with van der Waals surface area (Å²) in [6.45, 7) is 2.62. The number of alkyl halides is 3. The van der Waals surface area contributed by atoms with Gasteiger partial charge in [-0.25, -0.2) is 0 Å². The van der Waals surface area contributed by atoms with Crippen molar-refractivity contribution < 1.29 is 13.2 Å². The quantitative estimate of drug-likeness (QED) is 0.867. The molecule has 0 saturated carbocycles. The van der Waals surface area contributed by atoms with Crippen LogP contribution in [0.4, 0.5) is 24.5 Å². The van der Waals surface area contributed by atoms with E-state index in [1.807, 2.05) is 6.92 Å². The smallest absolute Gasteiger partial charge is 0.384 e. The Labute approximate surface area is 98.6 Å². The Balaban J connectivity index is 2.62. The number of rotatable bonds is 5. The van der Waals surface area contributed by atoms with Crippen LogP contribution in [0.15, 0.2) is 18.5 Å². The average molecular weight is 247 g/mol. The number of anilines is 2. The van der Waals surface area contributed by atoms with Crippen molar-refractivity contribution in [1.29, 1.82) is 0 Å². The minimum Gasteiger partial charge on any atom is -0.384 e. The van der Waals surface area contributed by atoms with Gasteiger partial charge >= 0.3 is 6.18 Å². The number of nitrogens with zero attached hydrogens (tertiary/aromatic N) is 2. The van der Waals surface area contributed by atoms with E-state index in [9.17, 15) is 13.2 Å². The van der Waals surface area contributed by atoms with Gasteiger partial charge < -0.3 is 10.2 Å². The molecule has 0 aromatic carbocycles. The van der Waals surface area contributed by atoms with Crippen LogP contribution in [0.2, 0.25) is 0 Å². The van der Waals surface area contributed by atoms with Gasteiger partial charge in [-0.15, -0.1) is 0 Å². The predicted octanol–water partition coefficient (Wildman–Crippen LogP) is 2.90. The summed E-state index contributed by atoms with van der Waals surface area (Å²) in [5.41, 5.74) is 1.48. The molecule has 3 nitrogen and oxygen atoms in total. The lowest BCUT2D eigenvalue weighted by atomic mass is 10.3. The van der Waals surface area contributed by atoms with E-state index < -0.39 is 12.6 Å². The van der Waals surface area contributed by atoms with Gasteiger partial charge in [-0.3, -0.25) is 4.98 Å². The highest BCUT2D eigenvalue weighted by Crippen LogP contribution is 2.22. The molecule has 0 aliphatic carbocycles. The summed E-state index contributed by atoms with van der Waals surface area (Å²) >= 11 is 0. The maximum absolute atomic E-state index is 12.1. The SMILES string of the molecule is CCNc1cncc(N(C)CCC(F)(F)F)c1. The van der Waals surface area contributed by atoms with Crippen molar-refractivity contribution >= 4 is 11.4 Å². The fourth-order valence-corrected chi connectivity index (χ4v) is 1.36. The van der Waals surface area contributed by atoms with Crippen molar-refractivity contribution in [2.75, 3.05) is 30.4 Å². The molecule has 96 valence electrons. The van der Waals surface area contributed by atoms with Gasteiger partial charge in [0, 0.05) is 20.1 Å². The monoisotopic (exact) mass is 247 g/mol. The third-order valence-electron chi connectivity index (χ3n) is 2.28. The maximum atomic E-state index is 12.1. The largest absolute Gasteiger partial charge is 0.390 e. The summed E-state index contributed by atoms with van der Waals surface area (Å²) in [5, 5.41) is 3.06. The van der Waals surface area contributed by atoms with Gasteiger partial charge in [0.05, 0.1) is 30.2 Å². The van der Waals surface area contributed by atoms with Crippen molar-refractivity contribution in [2.24, 2.45) is 0 Å². The summed E-state index contributed by atoms with van der Waals surface area (Å²) in [5.74, 6) is 0. The molecule has 1 rings (SSSR count). The van der Waals surface area contributed by atoms with E-state index in [1.54, 1.807) is 30.4 Å². The number of aromatic nitrogens is 1. The highest BCUT2D eigenvalue weighted by atomic mass is 19.4. The van der Waals surface area contributed by atoms with Crippen molar-refractivity contribution in [2.45, 2.75) is 19.5 Å². The first-order valence-corrected chi connectivity index (χ1v) is 5.39. The van der Waals surface area contributed by atoms with Crippen LogP contribution in [0, 0.1) is 0 Å². The molecule has 0 bridgehead atoms. The molecule has 0 unspecified atom stereocenters. The van der Waals surface area contributed by atoms with Gasteiger partial charge in [-0.1, -0.05) is 0 Å². The predicted molar refractivity (Wildman–Crippen MR) is 62.3 cm³/mol. The molecular weight excluding hydrogens is 231 g/mol. The summed E-state index contributed by atoms with van der Waals surface area (Å²) in [4.78, 5) is 5.53. The third-order valence-corrected chi connectivity index (χ3v) is 2.28. The second kappa shape index (κ2) is 5.75. The first-order chi connectivity index (χ1) is 7.92. The minimum absolute atomic E-state index is 0.0687. The zero-order chi connectivity index (χ0) is 12.9. The molecule has 0 atom stereocenters. The number of hydrogen-bond donors (Lipinski definition) is 1. The van der Waals surface area contributed by atoms with E-state index in [1.165, 1.54) is 0 Å². The standard InChI is InChI=1S/C11H16F3N3/c1-3-16-9-6-10(8-15-7-9)17(2)5-4-11(12,13)14/h6-8,16H,3-5H2,1-2H3. The van der Waals surface area contributed by atoms with E-state index in [0.717, 1.165) is 12.2 Å². The highest BCUT2D eigenvalue weighted by Gasteiger charge is 2.27. The van der Waals surface area contributed by atoms with Gasteiger partial charge in [-0.05, 0) is 13.0 Å². The van der Waals surface area contributed by atoms with Crippen LogP contribution in [-0.4, -0.2) is 31.3 Å². The molecule has 0 aliphatic rings. The van der Waals surface area contributed by atoms with Gasteiger partial charge in [0.1, 0.15) is 0 Å². The Morgan fingerprint density at radius 3 is 2.65 bits per heavy atom. The first-order valence-electron chi connectivity index (χ1n) is 5.39. The second-order valence-electron chi connectivity index (χ2n) is 3.75. The molecule has 0 amide bonds. The molecule has 1 aromatic heterocycles. The van der Waals surface area contributed by atoms with Crippen LogP contribution in [0.3, 0.4) is 0 Å². The number of pyridine rings is 1. The normalized spacial score (nSPS) is 11.4. The zero-order valence-corrected chi connectivity index (χ0v) is 9.88. The van der Waals surface area contributed by atoms with Crippen LogP contribution in [0.1, 0.15) is 13.3 Å². The molecule has 6 heteroatoms. The third kappa shape index (κ3) is 4.93. The number of halogens is 3. The van der Waals surface area contributed by atoms with E-state index in [2.05, 4.69) is 10.3 Å². The fraction of sp³-hybridized carbons (Fsp3) is 0.545. The van der Waals surface area contributed by atoms with Crippen molar-refractivity contribution in [3.05, 3.63) is 18.5 Å². The molecular formula is C11H16F3N3. The van der Waals surface area contributed by atoms with Crippen LogP contribution in [-0.2, 0) is 0 Å². The van der Waals surface area contributed by atoms with Crippen molar-refractivity contribution in [3.8, 4) is 0 Å². The lowest BCUT2D eigenvalue weighted by Crippen LogP contribution is -2.24. The molecule has 1 N–H and O–H groups in total. The van der Waals surface area contributed by atoms with E-state index >= 15 is 0 Å². The lowest BCUT2D eigenvalue weighted by molar-refractivity contribution is -0.132. The van der Waals surface area contributed by atoms with Crippen LogP contribution >= 0.6 is 0 Å². The summed E-state index contributed by atoms with van der Waals surface area (Å²) in [6.07, 6.45) is -1.75. The zero-order valence-electron chi connectivity index (χ0n) is 9.88. The molecule has 0 aliphatic heterocycles. The van der Waals surface area contributed by atoms with E-state index in [4.69, 9.17) is 0 Å². The minimum atomic E-state index is -4.12. The Morgan fingerprint density at radius 2 is 2.06 bits per heavy atom. The van der Waals surface area contributed by atoms with Gasteiger partial charge in [0.2, 0.25) is 0 Å². The molecule has 1 heterocycles. The molecule has 0 spiro atoms. The van der Waals surface area contributed by atoms with E-state index in [-0.39, 0.29) is 6.54 Å². The van der Waals surface area contributed by atoms with Crippen LogP contribution in [0.5, 0.6) is 0 Å². The average Bonchev–Trinajstić information content (AvgIpc) is 2.26. The van der Waals surface area contributed by atoms with Gasteiger partial charge in [0.15, 0.2) is 0 Å². The fourth-order valence-electron chi connectivity index (χ4n) is 1.36. The molecule has 17 heavy (non-hydrogen) atoms. The molecule has 0 fully saturated rings. The Morgan fingerprint density at radius 1 is 1.35 bits per heavy atom. The summed E-state index contributed by atoms with van der Waals surface area (Å²) in [6, 6.07) is 1.78. The van der Waals surface area contributed by atoms with Crippen molar-refractivity contribution in [3.63, 3.8) is 0 Å². The molecule has 0 radical (unpaired) electrons. The van der Waals surface area contributed by atoms with Crippen molar-refractivity contribution in [1.82, 2.24) is 4.98 Å².